The molecule has 0 saturated carbocycles. The minimum atomic E-state index is 0.00326. The van der Waals surface area contributed by atoms with Gasteiger partial charge in [0, 0.05) is 54.2 Å². The molecule has 0 radical (unpaired) electrons. The van der Waals surface area contributed by atoms with E-state index in [0.29, 0.717) is 19.0 Å². The molecule has 0 aromatic rings. The first-order valence-electron chi connectivity index (χ1n) is 6.37. The monoisotopic (exact) mass is 269 g/mol. The smallest absolute Gasteiger partial charge is 0.241 e. The first kappa shape index (κ1) is 15.3. The van der Waals surface area contributed by atoms with Crippen LogP contribution >= 0.6 is 0 Å². The second kappa shape index (κ2) is 6.96. The van der Waals surface area contributed by atoms with Gasteiger partial charge in [-0.15, -0.1) is 0 Å². The Hall–Kier alpha value is -1.79. The summed E-state index contributed by atoms with van der Waals surface area (Å²) in [6.07, 6.45) is 0. The van der Waals surface area contributed by atoms with Crippen molar-refractivity contribution in [2.75, 3.05) is 53.9 Å². The molecule has 2 amide bonds. The summed E-state index contributed by atoms with van der Waals surface area (Å²) in [4.78, 5) is 32.3. The number of guanidine groups is 1. The lowest BCUT2D eigenvalue weighted by atomic mass is 10.3. The van der Waals surface area contributed by atoms with E-state index in [4.69, 9.17) is 0 Å². The van der Waals surface area contributed by atoms with Gasteiger partial charge in [-0.3, -0.25) is 14.6 Å². The summed E-state index contributed by atoms with van der Waals surface area (Å²) in [5.41, 5.74) is 0. The predicted molar refractivity (Wildman–Crippen MR) is 73.9 cm³/mol. The van der Waals surface area contributed by atoms with E-state index in [0.717, 1.165) is 13.1 Å². The van der Waals surface area contributed by atoms with Gasteiger partial charge in [0.1, 0.15) is 0 Å². The fraction of sp³-hybridized carbons (Fsp3) is 0.750. The molecule has 1 fully saturated rings. The van der Waals surface area contributed by atoms with E-state index < -0.39 is 0 Å². The summed E-state index contributed by atoms with van der Waals surface area (Å²) in [7, 11) is 5.14. The molecule has 1 saturated heterocycles. The van der Waals surface area contributed by atoms with Gasteiger partial charge in [0.05, 0.1) is 6.54 Å². The highest BCUT2D eigenvalue weighted by Crippen LogP contribution is 2.02. The topological polar surface area (TPSA) is 68.2 Å². The standard InChI is InChI=1S/C12H23N5O2/c1-10(18)16-5-7-17(8-6-16)12(13-2)14-9-11(19)15(3)4/h5-9H2,1-4H3,(H,13,14). The lowest BCUT2D eigenvalue weighted by Crippen LogP contribution is -2.54. The molecular formula is C12H23N5O2. The van der Waals surface area contributed by atoms with Crippen LogP contribution in [0.1, 0.15) is 6.92 Å². The van der Waals surface area contributed by atoms with Crippen LogP contribution in [0.25, 0.3) is 0 Å². The molecule has 19 heavy (non-hydrogen) atoms. The van der Waals surface area contributed by atoms with Crippen molar-refractivity contribution < 1.29 is 9.59 Å². The minimum Gasteiger partial charge on any atom is -0.347 e. The SMILES string of the molecule is CN=C(NCC(=O)N(C)C)N1CCN(C(C)=O)CC1. The normalized spacial score (nSPS) is 16.3. The van der Waals surface area contributed by atoms with Gasteiger partial charge >= 0.3 is 0 Å². The number of carbonyl (C=O) groups excluding carboxylic acids is 2. The molecule has 0 spiro atoms. The summed E-state index contributed by atoms with van der Waals surface area (Å²) in [5.74, 6) is 0.812. The summed E-state index contributed by atoms with van der Waals surface area (Å²) >= 11 is 0. The van der Waals surface area contributed by atoms with E-state index in [1.807, 2.05) is 4.90 Å². The number of nitrogens with one attached hydrogen (secondary N) is 1. The first-order valence-corrected chi connectivity index (χ1v) is 6.37. The molecule has 0 aliphatic carbocycles. The third-order valence-electron chi connectivity index (χ3n) is 3.13. The van der Waals surface area contributed by atoms with Crippen LogP contribution in [0.4, 0.5) is 0 Å². The summed E-state index contributed by atoms with van der Waals surface area (Å²) in [6.45, 7) is 4.66. The molecule has 1 heterocycles. The van der Waals surface area contributed by atoms with E-state index in [1.165, 1.54) is 4.90 Å². The molecule has 1 N–H and O–H groups in total. The van der Waals surface area contributed by atoms with Gasteiger partial charge < -0.3 is 20.0 Å². The van der Waals surface area contributed by atoms with E-state index in [1.54, 1.807) is 28.1 Å². The van der Waals surface area contributed by atoms with Crippen molar-refractivity contribution in [3.8, 4) is 0 Å². The number of amides is 2. The van der Waals surface area contributed by atoms with Gasteiger partial charge in [0.2, 0.25) is 11.8 Å². The molecule has 0 bridgehead atoms. The van der Waals surface area contributed by atoms with Crippen LogP contribution < -0.4 is 5.32 Å². The first-order chi connectivity index (χ1) is 8.95. The number of rotatable bonds is 2. The second-order valence-corrected chi connectivity index (χ2v) is 4.68. The number of nitrogens with zero attached hydrogens (tertiary/aromatic N) is 4. The number of piperazine rings is 1. The van der Waals surface area contributed by atoms with Crippen LogP contribution in [-0.2, 0) is 9.59 Å². The van der Waals surface area contributed by atoms with E-state index >= 15 is 0 Å². The van der Waals surface area contributed by atoms with Gasteiger partial charge in [-0.05, 0) is 0 Å². The second-order valence-electron chi connectivity index (χ2n) is 4.68. The molecule has 108 valence electrons. The Kier molecular flexibility index (Phi) is 5.59. The molecule has 1 aliphatic rings. The maximum absolute atomic E-state index is 11.5. The molecule has 0 aromatic carbocycles. The van der Waals surface area contributed by atoms with Crippen molar-refractivity contribution in [3.63, 3.8) is 0 Å². The van der Waals surface area contributed by atoms with Gasteiger partial charge in [-0.25, -0.2) is 0 Å². The Morgan fingerprint density at radius 2 is 1.68 bits per heavy atom. The van der Waals surface area contributed by atoms with Crippen molar-refractivity contribution in [3.05, 3.63) is 0 Å². The Balaban J connectivity index is 2.45. The van der Waals surface area contributed by atoms with Gasteiger partial charge in [-0.1, -0.05) is 0 Å². The molecule has 0 unspecified atom stereocenters. The molecular weight excluding hydrogens is 246 g/mol. The Morgan fingerprint density at radius 1 is 1.16 bits per heavy atom. The predicted octanol–water partition coefficient (Wildman–Crippen LogP) is -1.19. The largest absolute Gasteiger partial charge is 0.347 e. The van der Waals surface area contributed by atoms with Crippen LogP contribution in [0, 0.1) is 0 Å². The van der Waals surface area contributed by atoms with Crippen molar-refractivity contribution in [1.82, 2.24) is 20.0 Å². The number of aliphatic imine (C=N–C) groups is 1. The molecule has 1 aliphatic heterocycles. The maximum Gasteiger partial charge on any atom is 0.241 e. The van der Waals surface area contributed by atoms with E-state index in [2.05, 4.69) is 15.2 Å². The summed E-state index contributed by atoms with van der Waals surface area (Å²) in [5, 5.41) is 3.05. The van der Waals surface area contributed by atoms with Gasteiger partial charge in [-0.2, -0.15) is 0 Å². The van der Waals surface area contributed by atoms with Crippen molar-refractivity contribution >= 4 is 17.8 Å². The van der Waals surface area contributed by atoms with Crippen molar-refractivity contribution in [2.45, 2.75) is 6.92 Å². The highest BCUT2D eigenvalue weighted by Gasteiger charge is 2.21. The Bertz CT molecular complexity index is 359. The number of hydrogen-bond acceptors (Lipinski definition) is 3. The van der Waals surface area contributed by atoms with Crippen molar-refractivity contribution in [2.24, 2.45) is 4.99 Å². The van der Waals surface area contributed by atoms with Crippen LogP contribution in [0.3, 0.4) is 0 Å². The fourth-order valence-electron chi connectivity index (χ4n) is 1.88. The molecule has 1 rings (SSSR count). The summed E-state index contributed by atoms with van der Waals surface area (Å²) < 4.78 is 0. The van der Waals surface area contributed by atoms with Crippen molar-refractivity contribution in [1.29, 1.82) is 0 Å². The average Bonchev–Trinajstić information content (AvgIpc) is 2.39. The third-order valence-corrected chi connectivity index (χ3v) is 3.13. The van der Waals surface area contributed by atoms with Gasteiger partial charge in [0.25, 0.3) is 0 Å². The average molecular weight is 269 g/mol. The molecule has 0 atom stereocenters. The highest BCUT2D eigenvalue weighted by molar-refractivity contribution is 5.86. The lowest BCUT2D eigenvalue weighted by Gasteiger charge is -2.36. The number of likely N-dealkylation sites (N-methyl/N-ethyl adjacent to an activating group) is 1. The van der Waals surface area contributed by atoms with E-state index in [9.17, 15) is 9.59 Å². The molecule has 7 heteroatoms. The van der Waals surface area contributed by atoms with E-state index in [-0.39, 0.29) is 18.4 Å². The molecule has 7 nitrogen and oxygen atoms in total. The van der Waals surface area contributed by atoms with Gasteiger partial charge in [0.15, 0.2) is 5.96 Å². The Labute approximate surface area is 114 Å². The third kappa shape index (κ3) is 4.42. The molecule has 0 aromatic heterocycles. The minimum absolute atomic E-state index is 0.00326. The Morgan fingerprint density at radius 3 is 2.11 bits per heavy atom. The highest BCUT2D eigenvalue weighted by atomic mass is 16.2. The van der Waals surface area contributed by atoms with Crippen LogP contribution in [0.2, 0.25) is 0 Å². The fourth-order valence-corrected chi connectivity index (χ4v) is 1.88. The summed E-state index contributed by atoms with van der Waals surface area (Å²) in [6, 6.07) is 0. The zero-order chi connectivity index (χ0) is 14.4. The van der Waals surface area contributed by atoms with Crippen LogP contribution in [0.15, 0.2) is 4.99 Å². The quantitative estimate of drug-likeness (QED) is 0.506. The zero-order valence-electron chi connectivity index (χ0n) is 12.1. The zero-order valence-corrected chi connectivity index (χ0v) is 12.1. The van der Waals surface area contributed by atoms with Crippen LogP contribution in [-0.4, -0.2) is 86.3 Å². The van der Waals surface area contributed by atoms with Crippen LogP contribution in [0.5, 0.6) is 0 Å². The number of hydrogen-bond donors (Lipinski definition) is 1. The number of carbonyl (C=O) groups is 2. The lowest BCUT2D eigenvalue weighted by molar-refractivity contribution is -0.130. The maximum atomic E-state index is 11.5.